The molecule has 0 fully saturated rings. The van der Waals surface area contributed by atoms with Gasteiger partial charge in [-0.25, -0.2) is 4.90 Å². The minimum Gasteiger partial charge on any atom is -0.247 e. The lowest BCUT2D eigenvalue weighted by Gasteiger charge is -2.26. The van der Waals surface area contributed by atoms with Gasteiger partial charge in [0, 0.05) is 0 Å². The quantitative estimate of drug-likeness (QED) is 0.366. The summed E-state index contributed by atoms with van der Waals surface area (Å²) in [5.74, 6) is 0. The van der Waals surface area contributed by atoms with E-state index in [0.717, 1.165) is 14.1 Å². The summed E-state index contributed by atoms with van der Waals surface area (Å²) < 4.78 is 60.2. The average molecular weight is 189 g/mol. The molecule has 0 saturated heterocycles. The summed E-state index contributed by atoms with van der Waals surface area (Å²) >= 11 is 0. The van der Waals surface area contributed by atoms with Crippen LogP contribution in [0.5, 0.6) is 0 Å². The Labute approximate surface area is 66.5 Å². The van der Waals surface area contributed by atoms with Crippen molar-refractivity contribution >= 4 is 0 Å². The third-order valence-electron chi connectivity index (χ3n) is 1.27. The lowest BCUT2D eigenvalue weighted by Crippen LogP contribution is -2.41. The van der Waals surface area contributed by atoms with Crippen LogP contribution in [0.1, 0.15) is 0 Å². The van der Waals surface area contributed by atoms with Gasteiger partial charge in [0.15, 0.2) is 0 Å². The summed E-state index contributed by atoms with van der Waals surface area (Å²) in [7, 11) is 1.69. The van der Waals surface area contributed by atoms with Gasteiger partial charge in [0.1, 0.15) is 5.57 Å². The summed E-state index contributed by atoms with van der Waals surface area (Å²) in [6, 6.07) is -4.04. The van der Waals surface area contributed by atoms with Crippen LogP contribution in [0, 0.1) is 0 Å². The Hall–Kier alpha value is -0.650. The van der Waals surface area contributed by atoms with Crippen molar-refractivity contribution in [1.29, 1.82) is 0 Å². The maximum atomic E-state index is 12.5. The fourth-order valence-corrected chi connectivity index (χ4v) is 0.440. The highest BCUT2D eigenvalue weighted by Gasteiger charge is 2.50. The second kappa shape index (κ2) is 3.01. The third kappa shape index (κ3) is 2.17. The Morgan fingerprint density at radius 2 is 1.42 bits per heavy atom. The maximum absolute atomic E-state index is 12.5. The normalized spacial score (nSPS) is 13.7. The van der Waals surface area contributed by atoms with Gasteiger partial charge in [-0.2, -0.15) is 22.0 Å². The van der Waals surface area contributed by atoms with Gasteiger partial charge in [0.05, 0.1) is 0 Å². The molecule has 72 valence electrons. The van der Waals surface area contributed by atoms with Crippen molar-refractivity contribution in [1.82, 2.24) is 4.90 Å². The first-order valence-corrected chi connectivity index (χ1v) is 2.92. The zero-order chi connectivity index (χ0) is 10.2. The van der Waals surface area contributed by atoms with Gasteiger partial charge in [0.2, 0.25) is 0 Å². The van der Waals surface area contributed by atoms with Crippen LogP contribution in [0.4, 0.5) is 22.0 Å². The number of likely N-dealkylation sites (N-methyl/N-ethyl adjacent to an activating group) is 1. The lowest BCUT2D eigenvalue weighted by molar-refractivity contribution is -0.167. The molecule has 0 amide bonds. The molecule has 0 aromatic rings. The molecule has 0 aliphatic carbocycles. The van der Waals surface area contributed by atoms with Gasteiger partial charge >= 0.3 is 12.2 Å². The van der Waals surface area contributed by atoms with E-state index in [1.807, 2.05) is 0 Å². The molecule has 0 radical (unpaired) electrons. The summed E-state index contributed by atoms with van der Waals surface area (Å²) in [4.78, 5) is 0.156. The fraction of sp³-hybridized carbons (Fsp3) is 0.667. The summed E-state index contributed by atoms with van der Waals surface area (Å²) in [5.41, 5.74) is -2.06. The standard InChI is InChI=1S/C6H8F5N/c1-4(5(7,8)9)6(10,11)12(2)3/h1H2,2-3H3. The van der Waals surface area contributed by atoms with Gasteiger partial charge in [-0.3, -0.25) is 0 Å². The van der Waals surface area contributed by atoms with Crippen LogP contribution in [0.25, 0.3) is 0 Å². The molecule has 1 nitrogen and oxygen atoms in total. The van der Waals surface area contributed by atoms with Crippen LogP contribution in [0.3, 0.4) is 0 Å². The highest BCUT2D eigenvalue weighted by atomic mass is 19.4. The zero-order valence-corrected chi connectivity index (χ0v) is 6.54. The van der Waals surface area contributed by atoms with Crippen molar-refractivity contribution in [3.63, 3.8) is 0 Å². The van der Waals surface area contributed by atoms with Crippen molar-refractivity contribution in [3.05, 3.63) is 12.2 Å². The molecule has 0 atom stereocenters. The van der Waals surface area contributed by atoms with Gasteiger partial charge < -0.3 is 0 Å². The molecule has 0 aromatic heterocycles. The minimum absolute atomic E-state index is 0.156. The molecule has 0 unspecified atom stereocenters. The summed E-state index contributed by atoms with van der Waals surface area (Å²) in [5, 5.41) is 0. The Bertz CT molecular complexity index is 181. The van der Waals surface area contributed by atoms with E-state index in [9.17, 15) is 22.0 Å². The Morgan fingerprint density at radius 3 is 1.50 bits per heavy atom. The van der Waals surface area contributed by atoms with Crippen LogP contribution in [-0.2, 0) is 0 Å². The first-order chi connectivity index (χ1) is 5.10. The predicted molar refractivity (Wildman–Crippen MR) is 33.8 cm³/mol. The number of hydrogen-bond donors (Lipinski definition) is 0. The van der Waals surface area contributed by atoms with E-state index in [2.05, 4.69) is 6.58 Å². The first-order valence-electron chi connectivity index (χ1n) is 2.92. The molecular weight excluding hydrogens is 181 g/mol. The van der Waals surface area contributed by atoms with E-state index < -0.39 is 17.8 Å². The Balaban J connectivity index is 4.70. The topological polar surface area (TPSA) is 3.24 Å². The van der Waals surface area contributed by atoms with Gasteiger partial charge in [-0.1, -0.05) is 6.58 Å². The largest absolute Gasteiger partial charge is 0.419 e. The van der Waals surface area contributed by atoms with Crippen LogP contribution in [-0.4, -0.2) is 31.2 Å². The van der Waals surface area contributed by atoms with Gasteiger partial charge in [-0.05, 0) is 14.1 Å². The number of nitrogens with zero attached hydrogens (tertiary/aromatic N) is 1. The Kier molecular flexibility index (Phi) is 2.84. The molecule has 0 spiro atoms. The molecule has 6 heteroatoms. The van der Waals surface area contributed by atoms with Crippen LogP contribution < -0.4 is 0 Å². The van der Waals surface area contributed by atoms with Gasteiger partial charge in [0.25, 0.3) is 0 Å². The van der Waals surface area contributed by atoms with Crippen molar-refractivity contribution in [2.24, 2.45) is 0 Å². The SMILES string of the molecule is C=C(C(F)(F)F)C(F)(F)N(C)C. The molecule has 12 heavy (non-hydrogen) atoms. The van der Waals surface area contributed by atoms with E-state index in [-0.39, 0.29) is 4.90 Å². The second-order valence-electron chi connectivity index (χ2n) is 2.41. The predicted octanol–water partition coefficient (Wildman–Crippen LogP) is 2.26. The monoisotopic (exact) mass is 189 g/mol. The third-order valence-corrected chi connectivity index (χ3v) is 1.27. The molecular formula is C6H8F5N. The zero-order valence-electron chi connectivity index (χ0n) is 6.54. The van der Waals surface area contributed by atoms with Crippen molar-refractivity contribution in [2.45, 2.75) is 12.2 Å². The summed E-state index contributed by atoms with van der Waals surface area (Å²) in [6.07, 6.45) is -5.06. The fourth-order valence-electron chi connectivity index (χ4n) is 0.440. The first kappa shape index (κ1) is 11.4. The van der Waals surface area contributed by atoms with Crippen molar-refractivity contribution in [2.75, 3.05) is 14.1 Å². The smallest absolute Gasteiger partial charge is 0.247 e. The maximum Gasteiger partial charge on any atom is 0.419 e. The average Bonchev–Trinajstić information content (AvgIpc) is 1.83. The van der Waals surface area contributed by atoms with Crippen molar-refractivity contribution < 1.29 is 22.0 Å². The molecule has 0 saturated carbocycles. The van der Waals surface area contributed by atoms with E-state index in [1.165, 1.54) is 0 Å². The molecule has 0 bridgehead atoms. The molecule has 0 heterocycles. The number of alkyl halides is 5. The second-order valence-corrected chi connectivity index (χ2v) is 2.41. The molecule has 0 aliphatic rings. The number of hydrogen-bond acceptors (Lipinski definition) is 1. The molecule has 0 aliphatic heterocycles. The van der Waals surface area contributed by atoms with E-state index in [4.69, 9.17) is 0 Å². The highest BCUT2D eigenvalue weighted by molar-refractivity contribution is 5.12. The minimum atomic E-state index is -5.06. The molecule has 0 N–H and O–H groups in total. The van der Waals surface area contributed by atoms with Crippen molar-refractivity contribution in [3.8, 4) is 0 Å². The van der Waals surface area contributed by atoms with E-state index in [0.29, 0.717) is 0 Å². The molecule has 0 rings (SSSR count). The van der Waals surface area contributed by atoms with E-state index >= 15 is 0 Å². The van der Waals surface area contributed by atoms with Crippen LogP contribution in [0.15, 0.2) is 12.2 Å². The number of rotatable bonds is 2. The summed E-state index contributed by atoms with van der Waals surface area (Å²) in [6.45, 7) is 2.30. The lowest BCUT2D eigenvalue weighted by atomic mass is 10.2. The number of halogens is 5. The highest BCUT2D eigenvalue weighted by Crippen LogP contribution is 2.37. The van der Waals surface area contributed by atoms with Crippen LogP contribution >= 0.6 is 0 Å². The van der Waals surface area contributed by atoms with E-state index in [1.54, 1.807) is 0 Å². The van der Waals surface area contributed by atoms with Gasteiger partial charge in [-0.15, -0.1) is 0 Å². The Morgan fingerprint density at radius 1 is 1.08 bits per heavy atom. The van der Waals surface area contributed by atoms with Crippen LogP contribution in [0.2, 0.25) is 0 Å². The molecule has 0 aromatic carbocycles.